The van der Waals surface area contributed by atoms with Crippen molar-refractivity contribution in [2.24, 2.45) is 5.73 Å². The van der Waals surface area contributed by atoms with Crippen LogP contribution in [0.3, 0.4) is 0 Å². The average Bonchev–Trinajstić information content (AvgIpc) is 3.05. The van der Waals surface area contributed by atoms with E-state index in [9.17, 15) is 13.2 Å². The normalized spacial score (nSPS) is 19.2. The summed E-state index contributed by atoms with van der Waals surface area (Å²) >= 11 is 8.41. The molecule has 0 heterocycles. The van der Waals surface area contributed by atoms with E-state index in [4.69, 9.17) is 17.3 Å². The molecule has 94 valence electrons. The molecule has 2 rings (SSSR count). The fraction of sp³-hybridized carbons (Fsp3) is 0.455. The van der Waals surface area contributed by atoms with Crippen LogP contribution in [0.15, 0.2) is 4.47 Å². The van der Waals surface area contributed by atoms with Crippen LogP contribution in [0.25, 0.3) is 0 Å². The lowest BCUT2D eigenvalue weighted by molar-refractivity contribution is 0.448. The Labute approximate surface area is 110 Å². The van der Waals surface area contributed by atoms with Crippen LogP contribution in [0.5, 0.6) is 0 Å². The van der Waals surface area contributed by atoms with Crippen molar-refractivity contribution in [2.75, 3.05) is 0 Å². The fourth-order valence-corrected chi connectivity index (χ4v) is 2.96. The largest absolute Gasteiger partial charge is 0.327 e. The van der Waals surface area contributed by atoms with E-state index in [-0.39, 0.29) is 10.6 Å². The molecule has 1 aromatic rings. The van der Waals surface area contributed by atoms with Gasteiger partial charge in [-0.15, -0.1) is 0 Å². The summed E-state index contributed by atoms with van der Waals surface area (Å²) in [7, 11) is 0. The smallest absolute Gasteiger partial charge is 0.176 e. The molecule has 1 aromatic carbocycles. The molecule has 17 heavy (non-hydrogen) atoms. The Bertz CT molecular complexity index is 457. The molecule has 1 aliphatic rings. The predicted octanol–water partition coefficient (Wildman–Crippen LogP) is 3.90. The van der Waals surface area contributed by atoms with Gasteiger partial charge >= 0.3 is 0 Å². The van der Waals surface area contributed by atoms with E-state index in [1.54, 1.807) is 6.92 Å². The van der Waals surface area contributed by atoms with Crippen molar-refractivity contribution in [1.82, 2.24) is 0 Å². The van der Waals surface area contributed by atoms with Crippen LogP contribution in [-0.2, 0) is 5.41 Å². The van der Waals surface area contributed by atoms with Gasteiger partial charge in [0.2, 0.25) is 0 Å². The second-order valence-electron chi connectivity index (χ2n) is 4.39. The molecule has 1 atom stereocenters. The number of benzene rings is 1. The third-order valence-corrected chi connectivity index (χ3v) is 4.42. The van der Waals surface area contributed by atoms with Crippen LogP contribution in [-0.4, -0.2) is 6.04 Å². The molecule has 6 heteroatoms. The summed E-state index contributed by atoms with van der Waals surface area (Å²) in [6.45, 7) is 1.68. The standard InChI is InChI=1S/C11H10BrClF3N/c1-4(17)11(2-3-11)5-7(13)9(15)6(12)10(16)8(5)14/h4H,2-3,17H2,1H3. The van der Waals surface area contributed by atoms with E-state index < -0.39 is 33.4 Å². The lowest BCUT2D eigenvalue weighted by Crippen LogP contribution is -2.33. The highest BCUT2D eigenvalue weighted by atomic mass is 79.9. The summed E-state index contributed by atoms with van der Waals surface area (Å²) in [6.07, 6.45) is 1.17. The quantitative estimate of drug-likeness (QED) is 0.647. The first-order chi connectivity index (χ1) is 7.83. The zero-order valence-corrected chi connectivity index (χ0v) is 11.3. The minimum Gasteiger partial charge on any atom is -0.327 e. The first-order valence-corrected chi connectivity index (χ1v) is 6.27. The van der Waals surface area contributed by atoms with Crippen molar-refractivity contribution < 1.29 is 13.2 Å². The number of nitrogens with two attached hydrogens (primary N) is 1. The Balaban J connectivity index is 2.71. The molecular weight excluding hydrogens is 318 g/mol. The summed E-state index contributed by atoms with van der Waals surface area (Å²) in [6, 6.07) is -0.408. The average molecular weight is 329 g/mol. The van der Waals surface area contributed by atoms with E-state index >= 15 is 0 Å². The molecule has 0 amide bonds. The van der Waals surface area contributed by atoms with Crippen molar-refractivity contribution >= 4 is 27.5 Å². The Morgan fingerprint density at radius 1 is 1.24 bits per heavy atom. The fourth-order valence-electron chi connectivity index (χ4n) is 2.11. The maximum absolute atomic E-state index is 13.9. The summed E-state index contributed by atoms with van der Waals surface area (Å²) in [4.78, 5) is 0. The Kier molecular flexibility index (Phi) is 3.21. The summed E-state index contributed by atoms with van der Waals surface area (Å²) in [5, 5.41) is -0.384. The van der Waals surface area contributed by atoms with Crippen LogP contribution < -0.4 is 5.73 Å². The molecule has 1 saturated carbocycles. The van der Waals surface area contributed by atoms with Gasteiger partial charge < -0.3 is 5.73 Å². The molecular formula is C11H10BrClF3N. The minimum atomic E-state index is -1.26. The maximum atomic E-state index is 13.9. The van der Waals surface area contributed by atoms with E-state index in [2.05, 4.69) is 15.9 Å². The van der Waals surface area contributed by atoms with Crippen molar-refractivity contribution in [3.63, 3.8) is 0 Å². The van der Waals surface area contributed by atoms with Gasteiger partial charge in [0.05, 0.1) is 9.50 Å². The van der Waals surface area contributed by atoms with Gasteiger partial charge in [0.25, 0.3) is 0 Å². The second kappa shape index (κ2) is 4.14. The van der Waals surface area contributed by atoms with Gasteiger partial charge in [0.15, 0.2) is 17.5 Å². The number of rotatable bonds is 2. The van der Waals surface area contributed by atoms with Crippen molar-refractivity contribution in [1.29, 1.82) is 0 Å². The topological polar surface area (TPSA) is 26.0 Å². The Hall–Kier alpha value is -0.260. The number of halogens is 5. The van der Waals surface area contributed by atoms with Gasteiger partial charge in [-0.25, -0.2) is 13.2 Å². The van der Waals surface area contributed by atoms with Crippen molar-refractivity contribution in [3.05, 3.63) is 32.5 Å². The highest BCUT2D eigenvalue weighted by Crippen LogP contribution is 2.54. The number of hydrogen-bond acceptors (Lipinski definition) is 1. The molecule has 1 nitrogen and oxygen atoms in total. The van der Waals surface area contributed by atoms with E-state index in [0.29, 0.717) is 12.8 Å². The second-order valence-corrected chi connectivity index (χ2v) is 5.56. The minimum absolute atomic E-state index is 0.132. The number of hydrogen-bond donors (Lipinski definition) is 1. The summed E-state index contributed by atoms with van der Waals surface area (Å²) < 4.78 is 40.4. The van der Waals surface area contributed by atoms with Gasteiger partial charge in [-0.05, 0) is 35.7 Å². The van der Waals surface area contributed by atoms with Crippen LogP contribution in [0, 0.1) is 17.5 Å². The molecule has 0 radical (unpaired) electrons. The lowest BCUT2D eigenvalue weighted by atomic mass is 9.88. The van der Waals surface area contributed by atoms with Crippen molar-refractivity contribution in [3.8, 4) is 0 Å². The third-order valence-electron chi connectivity index (χ3n) is 3.37. The SMILES string of the molecule is CC(N)C1(c2c(F)c(F)c(Br)c(F)c2Cl)CC1. The molecule has 0 bridgehead atoms. The van der Waals surface area contributed by atoms with Gasteiger partial charge in [-0.1, -0.05) is 11.6 Å². The molecule has 1 unspecified atom stereocenters. The molecule has 0 saturated heterocycles. The van der Waals surface area contributed by atoms with Crippen molar-refractivity contribution in [2.45, 2.75) is 31.2 Å². The molecule has 2 N–H and O–H groups in total. The Morgan fingerprint density at radius 2 is 1.76 bits per heavy atom. The van der Waals surface area contributed by atoms with E-state index in [1.807, 2.05) is 0 Å². The first kappa shape index (κ1) is 13.2. The molecule has 1 aliphatic carbocycles. The lowest BCUT2D eigenvalue weighted by Gasteiger charge is -2.23. The van der Waals surface area contributed by atoms with Gasteiger partial charge in [-0.3, -0.25) is 0 Å². The van der Waals surface area contributed by atoms with Gasteiger partial charge in [-0.2, -0.15) is 0 Å². The van der Waals surface area contributed by atoms with E-state index in [1.165, 1.54) is 0 Å². The van der Waals surface area contributed by atoms with Crippen LogP contribution in [0.4, 0.5) is 13.2 Å². The van der Waals surface area contributed by atoms with Crippen LogP contribution >= 0.6 is 27.5 Å². The highest BCUT2D eigenvalue weighted by molar-refractivity contribution is 9.10. The zero-order chi connectivity index (χ0) is 13.0. The van der Waals surface area contributed by atoms with Gasteiger partial charge in [0, 0.05) is 17.0 Å². The summed E-state index contributed by atoms with van der Waals surface area (Å²) in [5.74, 6) is -3.35. The molecule has 1 fully saturated rings. The zero-order valence-electron chi connectivity index (χ0n) is 8.96. The first-order valence-electron chi connectivity index (χ1n) is 5.10. The predicted molar refractivity (Wildman–Crippen MR) is 63.6 cm³/mol. The molecule has 0 spiro atoms. The van der Waals surface area contributed by atoms with Crippen LogP contribution in [0.2, 0.25) is 5.02 Å². The summed E-state index contributed by atoms with van der Waals surface area (Å²) in [5.41, 5.74) is 4.89. The monoisotopic (exact) mass is 327 g/mol. The third kappa shape index (κ3) is 1.79. The molecule has 0 aromatic heterocycles. The van der Waals surface area contributed by atoms with Gasteiger partial charge in [0.1, 0.15) is 0 Å². The molecule has 0 aliphatic heterocycles. The maximum Gasteiger partial charge on any atom is 0.176 e. The van der Waals surface area contributed by atoms with Crippen LogP contribution in [0.1, 0.15) is 25.3 Å². The Morgan fingerprint density at radius 3 is 2.18 bits per heavy atom. The highest BCUT2D eigenvalue weighted by Gasteiger charge is 2.51. The van der Waals surface area contributed by atoms with E-state index in [0.717, 1.165) is 0 Å².